The van der Waals surface area contributed by atoms with Gasteiger partial charge in [0.1, 0.15) is 22.5 Å². The first-order chi connectivity index (χ1) is 26.7. The first kappa shape index (κ1) is 30.5. The Balaban J connectivity index is 1.12. The summed E-state index contributed by atoms with van der Waals surface area (Å²) in [6, 6.07) is 56.7. The number of nitrogens with zero attached hydrogens (tertiary/aromatic N) is 3. The predicted molar refractivity (Wildman–Crippen MR) is 217 cm³/mol. The molecule has 7 aromatic carbocycles. The maximum Gasteiger partial charge on any atom is 0.164 e. The van der Waals surface area contributed by atoms with Gasteiger partial charge >= 0.3 is 0 Å². The summed E-state index contributed by atoms with van der Waals surface area (Å²) in [5, 5.41) is 5.49. The molecular weight excluding hydrogens is 663 g/mol. The molecule has 1 atom stereocenters. The average molecular weight is 694 g/mol. The number of fused-ring (bicyclic) bond motifs is 7. The van der Waals surface area contributed by atoms with Crippen LogP contribution < -0.4 is 0 Å². The van der Waals surface area contributed by atoms with Gasteiger partial charge in [0.05, 0.1) is 0 Å². The summed E-state index contributed by atoms with van der Waals surface area (Å²) in [5.74, 6) is 2.73. The van der Waals surface area contributed by atoms with Crippen molar-refractivity contribution >= 4 is 49.3 Å². The summed E-state index contributed by atoms with van der Waals surface area (Å²) in [4.78, 5) is 15.5. The molecule has 5 nitrogen and oxygen atoms in total. The Morgan fingerprint density at radius 1 is 0.426 bits per heavy atom. The quantitative estimate of drug-likeness (QED) is 0.179. The van der Waals surface area contributed by atoms with Crippen LogP contribution in [0.5, 0.6) is 0 Å². The predicted octanol–water partition coefficient (Wildman–Crippen LogP) is 12.6. The highest BCUT2D eigenvalue weighted by Crippen LogP contribution is 2.47. The Morgan fingerprint density at radius 2 is 1.07 bits per heavy atom. The zero-order chi connectivity index (χ0) is 35.6. The molecule has 0 bridgehead atoms. The van der Waals surface area contributed by atoms with E-state index in [0.717, 1.165) is 78.1 Å². The van der Waals surface area contributed by atoms with Gasteiger partial charge in [-0.25, -0.2) is 15.0 Å². The number of hydrogen-bond donors (Lipinski definition) is 0. The van der Waals surface area contributed by atoms with E-state index in [0.29, 0.717) is 17.5 Å². The monoisotopic (exact) mass is 693 g/mol. The zero-order valence-corrected chi connectivity index (χ0v) is 29.1. The number of furan rings is 2. The molecule has 3 heterocycles. The molecule has 0 aliphatic heterocycles. The number of hydrogen-bond acceptors (Lipinski definition) is 5. The molecule has 3 aromatic heterocycles. The fourth-order valence-electron chi connectivity index (χ4n) is 8.03. The van der Waals surface area contributed by atoms with Gasteiger partial charge in [0.25, 0.3) is 0 Å². The van der Waals surface area contributed by atoms with E-state index in [2.05, 4.69) is 115 Å². The largest absolute Gasteiger partial charge is 0.460 e. The van der Waals surface area contributed by atoms with Crippen molar-refractivity contribution in [3.63, 3.8) is 0 Å². The lowest BCUT2D eigenvalue weighted by Gasteiger charge is -2.22. The van der Waals surface area contributed by atoms with Crippen molar-refractivity contribution in [2.24, 2.45) is 0 Å². The lowest BCUT2D eigenvalue weighted by Crippen LogP contribution is -2.10. The number of aromatic nitrogens is 3. The number of para-hydroxylation sites is 1. The third kappa shape index (κ3) is 5.05. The molecule has 1 unspecified atom stereocenters. The Hall–Kier alpha value is -7.11. The molecule has 54 heavy (non-hydrogen) atoms. The molecule has 1 aliphatic carbocycles. The summed E-state index contributed by atoms with van der Waals surface area (Å²) in [6.07, 6.45) is 3.02. The first-order valence-electron chi connectivity index (χ1n) is 18.3. The van der Waals surface area contributed by atoms with Gasteiger partial charge < -0.3 is 8.83 Å². The molecule has 0 radical (unpaired) electrons. The molecule has 5 heteroatoms. The minimum Gasteiger partial charge on any atom is -0.460 e. The van der Waals surface area contributed by atoms with Crippen LogP contribution in [0.2, 0.25) is 0 Å². The van der Waals surface area contributed by atoms with Crippen LogP contribution in [0.3, 0.4) is 0 Å². The van der Waals surface area contributed by atoms with E-state index in [9.17, 15) is 0 Å². The van der Waals surface area contributed by atoms with Gasteiger partial charge in [0.2, 0.25) is 0 Å². The molecule has 0 amide bonds. The highest BCUT2D eigenvalue weighted by molar-refractivity contribution is 6.06. The molecule has 11 rings (SSSR count). The van der Waals surface area contributed by atoms with Gasteiger partial charge in [0.15, 0.2) is 17.5 Å². The van der Waals surface area contributed by atoms with E-state index in [4.69, 9.17) is 23.8 Å². The molecular formula is C49H31N3O2. The highest BCUT2D eigenvalue weighted by Gasteiger charge is 2.32. The summed E-state index contributed by atoms with van der Waals surface area (Å²) in [7, 11) is 0. The second-order valence-electron chi connectivity index (χ2n) is 13.9. The Labute approximate surface area is 310 Å². The molecule has 0 saturated heterocycles. The van der Waals surface area contributed by atoms with Crippen LogP contribution >= 0.6 is 0 Å². The number of benzene rings is 7. The molecule has 1 aliphatic rings. The standard InChI is InChI=1S/C49H31N3O2/c1-3-12-30(13-4-1)32-18-11-19-35(26-32)37-24-25-40(45-41-27-33-16-7-8-17-34(33)28-44(41)54-46(37)45)49-51-47(31-14-5-2-6-15-31)50-48(52-49)36-22-23-39-38-20-9-10-21-42(38)53-43(39)29-36/h1-23,25-29,37H,24H2. The van der Waals surface area contributed by atoms with Crippen LogP contribution in [0, 0.1) is 0 Å². The maximum absolute atomic E-state index is 6.95. The maximum atomic E-state index is 6.95. The minimum absolute atomic E-state index is 0.00770. The highest BCUT2D eigenvalue weighted by atomic mass is 16.3. The van der Waals surface area contributed by atoms with E-state index in [1.54, 1.807) is 0 Å². The van der Waals surface area contributed by atoms with Crippen LogP contribution in [0.25, 0.3) is 83.2 Å². The molecule has 0 spiro atoms. The Morgan fingerprint density at radius 3 is 1.91 bits per heavy atom. The number of rotatable bonds is 5. The molecule has 0 saturated carbocycles. The normalized spacial score (nSPS) is 14.1. The lowest BCUT2D eigenvalue weighted by atomic mass is 9.82. The van der Waals surface area contributed by atoms with Gasteiger partial charge in [-0.2, -0.15) is 0 Å². The third-order valence-corrected chi connectivity index (χ3v) is 10.7. The topological polar surface area (TPSA) is 65.0 Å². The van der Waals surface area contributed by atoms with Gasteiger partial charge in [-0.05, 0) is 64.2 Å². The molecule has 254 valence electrons. The van der Waals surface area contributed by atoms with E-state index >= 15 is 0 Å². The lowest BCUT2D eigenvalue weighted by molar-refractivity contribution is 0.516. The minimum atomic E-state index is 0.00770. The van der Waals surface area contributed by atoms with Crippen LogP contribution in [-0.4, -0.2) is 15.0 Å². The van der Waals surface area contributed by atoms with Gasteiger partial charge in [-0.1, -0.05) is 140 Å². The van der Waals surface area contributed by atoms with Crippen molar-refractivity contribution < 1.29 is 8.83 Å². The third-order valence-electron chi connectivity index (χ3n) is 10.7. The SMILES string of the molecule is C1=C(c2nc(-c3ccccc3)nc(-c3ccc4c(c3)oc3ccccc34)n2)c2c(oc3cc4ccccc4cc23)C(c2cccc(-c3ccccc3)c2)C1. The van der Waals surface area contributed by atoms with Gasteiger partial charge in [0, 0.05) is 44.3 Å². The van der Waals surface area contributed by atoms with Crippen LogP contribution in [-0.2, 0) is 0 Å². The van der Waals surface area contributed by atoms with Gasteiger partial charge in [-0.3, -0.25) is 0 Å². The Bertz CT molecular complexity index is 3090. The first-order valence-corrected chi connectivity index (χ1v) is 18.3. The van der Waals surface area contributed by atoms with Crippen molar-refractivity contribution in [3.05, 3.63) is 193 Å². The van der Waals surface area contributed by atoms with Gasteiger partial charge in [-0.15, -0.1) is 0 Å². The van der Waals surface area contributed by atoms with Crippen molar-refractivity contribution in [3.8, 4) is 33.9 Å². The second-order valence-corrected chi connectivity index (χ2v) is 13.9. The fraction of sp³-hybridized carbons (Fsp3) is 0.0408. The van der Waals surface area contributed by atoms with Crippen LogP contribution in [0.4, 0.5) is 0 Å². The molecule has 10 aromatic rings. The summed E-state index contributed by atoms with van der Waals surface area (Å²) < 4.78 is 13.2. The summed E-state index contributed by atoms with van der Waals surface area (Å²) in [5.41, 5.74) is 9.83. The second kappa shape index (κ2) is 12.2. The van der Waals surface area contributed by atoms with Crippen molar-refractivity contribution in [2.45, 2.75) is 12.3 Å². The Kier molecular flexibility index (Phi) is 6.92. The summed E-state index contributed by atoms with van der Waals surface area (Å²) in [6.45, 7) is 0. The fourth-order valence-corrected chi connectivity index (χ4v) is 8.03. The molecule has 0 N–H and O–H groups in total. The molecule has 0 fully saturated rings. The van der Waals surface area contributed by atoms with E-state index in [1.807, 2.05) is 54.6 Å². The van der Waals surface area contributed by atoms with Crippen molar-refractivity contribution in [2.75, 3.05) is 0 Å². The van der Waals surface area contributed by atoms with Crippen LogP contribution in [0.15, 0.2) is 179 Å². The summed E-state index contributed by atoms with van der Waals surface area (Å²) >= 11 is 0. The van der Waals surface area contributed by atoms with Crippen molar-refractivity contribution in [1.82, 2.24) is 15.0 Å². The smallest absolute Gasteiger partial charge is 0.164 e. The number of allylic oxidation sites excluding steroid dienone is 1. The average Bonchev–Trinajstić information content (AvgIpc) is 3.81. The van der Waals surface area contributed by atoms with E-state index < -0.39 is 0 Å². The van der Waals surface area contributed by atoms with Crippen LogP contribution in [0.1, 0.15) is 35.1 Å². The van der Waals surface area contributed by atoms with E-state index in [-0.39, 0.29) is 5.92 Å². The zero-order valence-electron chi connectivity index (χ0n) is 29.1. The van der Waals surface area contributed by atoms with E-state index in [1.165, 1.54) is 16.7 Å². The van der Waals surface area contributed by atoms with Crippen molar-refractivity contribution in [1.29, 1.82) is 0 Å².